The topological polar surface area (TPSA) is 56.3 Å². The molecule has 7 heteroatoms. The van der Waals surface area contributed by atoms with Crippen molar-refractivity contribution in [1.82, 2.24) is 14.7 Å². The Balaban J connectivity index is 1.33. The fourth-order valence-electron chi connectivity index (χ4n) is 5.55. The molecule has 2 aliphatic heterocycles. The van der Waals surface area contributed by atoms with E-state index in [1.54, 1.807) is 7.11 Å². The Morgan fingerprint density at radius 1 is 0.844 bits per heavy atom. The summed E-state index contributed by atoms with van der Waals surface area (Å²) in [4.78, 5) is 34.9. The summed E-state index contributed by atoms with van der Waals surface area (Å²) < 4.78 is 5.51. The van der Waals surface area contributed by atoms with Gasteiger partial charge in [0, 0.05) is 65.2 Å². The largest absolute Gasteiger partial charge is 0.495 e. The molecule has 1 aliphatic carbocycles. The van der Waals surface area contributed by atoms with Crippen LogP contribution in [0.15, 0.2) is 24.3 Å². The predicted molar refractivity (Wildman–Crippen MR) is 126 cm³/mol. The number of hydrogen-bond donors (Lipinski definition) is 0. The number of ether oxygens (including phenoxy) is 1. The molecule has 176 valence electrons. The standard InChI is InChI=1S/C25H38N4O3/c1-26-11-13-28(14-12-26)23(30)19-25(9-5-6-10-25)20-24(31)29-17-15-27(16-18-29)21-7-3-4-8-22(21)32-2/h3-4,7-8H,5-6,9-20H2,1-2H3. The summed E-state index contributed by atoms with van der Waals surface area (Å²) in [6.07, 6.45) is 5.30. The average Bonchev–Trinajstić information content (AvgIpc) is 3.27. The van der Waals surface area contributed by atoms with E-state index >= 15 is 0 Å². The van der Waals surface area contributed by atoms with Crippen LogP contribution in [0.4, 0.5) is 5.69 Å². The van der Waals surface area contributed by atoms with E-state index in [0.717, 1.165) is 89.5 Å². The van der Waals surface area contributed by atoms with Gasteiger partial charge in [0.1, 0.15) is 5.75 Å². The van der Waals surface area contributed by atoms with Crippen LogP contribution in [0.5, 0.6) is 5.75 Å². The Bertz CT molecular complexity index is 792. The lowest BCUT2D eigenvalue weighted by Crippen LogP contribution is -2.50. The number of methoxy groups -OCH3 is 1. The molecule has 1 saturated carbocycles. The van der Waals surface area contributed by atoms with Crippen LogP contribution in [0.2, 0.25) is 0 Å². The molecule has 3 aliphatic rings. The first kappa shape index (κ1) is 22.9. The number of carbonyl (C=O) groups is 2. The summed E-state index contributed by atoms with van der Waals surface area (Å²) in [5.74, 6) is 1.34. The number of piperazine rings is 2. The number of nitrogens with zero attached hydrogens (tertiary/aromatic N) is 4. The number of hydrogen-bond acceptors (Lipinski definition) is 5. The highest BCUT2D eigenvalue weighted by molar-refractivity contribution is 5.81. The first-order valence-corrected chi connectivity index (χ1v) is 12.1. The van der Waals surface area contributed by atoms with Crippen LogP contribution in [0.3, 0.4) is 0 Å². The van der Waals surface area contributed by atoms with Crippen LogP contribution in [0.25, 0.3) is 0 Å². The number of likely N-dealkylation sites (N-methyl/N-ethyl adjacent to an activating group) is 1. The van der Waals surface area contributed by atoms with Gasteiger partial charge in [0.05, 0.1) is 12.8 Å². The van der Waals surface area contributed by atoms with Crippen molar-refractivity contribution in [3.8, 4) is 5.75 Å². The maximum Gasteiger partial charge on any atom is 0.223 e. The summed E-state index contributed by atoms with van der Waals surface area (Å²) in [5.41, 5.74) is 0.948. The highest BCUT2D eigenvalue weighted by Gasteiger charge is 2.40. The highest BCUT2D eigenvalue weighted by atomic mass is 16.5. The Kier molecular flexibility index (Phi) is 7.23. The smallest absolute Gasteiger partial charge is 0.223 e. The van der Waals surface area contributed by atoms with Gasteiger partial charge >= 0.3 is 0 Å². The Morgan fingerprint density at radius 3 is 1.94 bits per heavy atom. The molecule has 7 nitrogen and oxygen atoms in total. The quantitative estimate of drug-likeness (QED) is 0.678. The van der Waals surface area contributed by atoms with Gasteiger partial charge < -0.3 is 24.3 Å². The van der Waals surface area contributed by atoms with Gasteiger partial charge in [-0.25, -0.2) is 0 Å². The van der Waals surface area contributed by atoms with Crippen molar-refractivity contribution in [3.05, 3.63) is 24.3 Å². The molecule has 2 heterocycles. The zero-order chi connectivity index (χ0) is 22.6. The molecule has 1 aromatic rings. The maximum absolute atomic E-state index is 13.3. The lowest BCUT2D eigenvalue weighted by Gasteiger charge is -2.39. The molecule has 0 bridgehead atoms. The number of para-hydroxylation sites is 2. The van der Waals surface area contributed by atoms with E-state index in [0.29, 0.717) is 12.8 Å². The van der Waals surface area contributed by atoms with E-state index in [-0.39, 0.29) is 17.2 Å². The van der Waals surface area contributed by atoms with Gasteiger partial charge in [-0.1, -0.05) is 25.0 Å². The molecule has 2 saturated heterocycles. The molecule has 0 radical (unpaired) electrons. The molecule has 3 fully saturated rings. The molecule has 0 N–H and O–H groups in total. The van der Waals surface area contributed by atoms with Crippen LogP contribution in [0, 0.1) is 5.41 Å². The lowest BCUT2D eigenvalue weighted by atomic mass is 9.78. The number of amides is 2. The van der Waals surface area contributed by atoms with E-state index < -0.39 is 0 Å². The van der Waals surface area contributed by atoms with Crippen molar-refractivity contribution in [2.45, 2.75) is 38.5 Å². The van der Waals surface area contributed by atoms with E-state index in [9.17, 15) is 9.59 Å². The highest BCUT2D eigenvalue weighted by Crippen LogP contribution is 2.45. The summed E-state index contributed by atoms with van der Waals surface area (Å²) >= 11 is 0. The molecule has 0 spiro atoms. The Labute approximate surface area is 192 Å². The molecule has 0 atom stereocenters. The number of rotatable bonds is 6. The third-order valence-corrected chi connectivity index (χ3v) is 7.63. The molecule has 4 rings (SSSR count). The second-order valence-corrected chi connectivity index (χ2v) is 9.78. The fraction of sp³-hybridized carbons (Fsp3) is 0.680. The third kappa shape index (κ3) is 5.20. The van der Waals surface area contributed by atoms with Crippen molar-refractivity contribution in [2.24, 2.45) is 5.41 Å². The first-order chi connectivity index (χ1) is 15.5. The van der Waals surface area contributed by atoms with E-state index in [1.807, 2.05) is 28.0 Å². The predicted octanol–water partition coefficient (Wildman–Crippen LogP) is 2.46. The normalized spacial score (nSPS) is 21.6. The van der Waals surface area contributed by atoms with Crippen molar-refractivity contribution < 1.29 is 14.3 Å². The van der Waals surface area contributed by atoms with Crippen molar-refractivity contribution in [1.29, 1.82) is 0 Å². The molecular formula is C25H38N4O3. The molecule has 0 aromatic heterocycles. The van der Waals surface area contributed by atoms with E-state index in [2.05, 4.69) is 22.9 Å². The molecular weight excluding hydrogens is 404 g/mol. The van der Waals surface area contributed by atoms with Gasteiger partial charge in [-0.2, -0.15) is 0 Å². The van der Waals surface area contributed by atoms with Gasteiger partial charge in [-0.3, -0.25) is 9.59 Å². The molecule has 0 unspecified atom stereocenters. The second-order valence-electron chi connectivity index (χ2n) is 9.78. The van der Waals surface area contributed by atoms with E-state index in [4.69, 9.17) is 4.74 Å². The van der Waals surface area contributed by atoms with Gasteiger partial charge in [-0.05, 0) is 37.4 Å². The van der Waals surface area contributed by atoms with Gasteiger partial charge in [0.15, 0.2) is 0 Å². The number of carbonyl (C=O) groups excluding carboxylic acids is 2. The van der Waals surface area contributed by atoms with E-state index in [1.165, 1.54) is 0 Å². The van der Waals surface area contributed by atoms with Crippen molar-refractivity contribution in [2.75, 3.05) is 71.4 Å². The minimum atomic E-state index is -0.142. The fourth-order valence-corrected chi connectivity index (χ4v) is 5.55. The summed E-state index contributed by atoms with van der Waals surface area (Å²) in [5, 5.41) is 0. The summed E-state index contributed by atoms with van der Waals surface area (Å²) in [6.45, 7) is 6.55. The molecule has 2 amide bonds. The van der Waals surface area contributed by atoms with Crippen molar-refractivity contribution >= 4 is 17.5 Å². The van der Waals surface area contributed by atoms with Crippen LogP contribution in [-0.4, -0.2) is 93.0 Å². The van der Waals surface area contributed by atoms with Crippen LogP contribution >= 0.6 is 0 Å². The summed E-state index contributed by atoms with van der Waals surface area (Å²) in [6, 6.07) is 8.06. The zero-order valence-corrected chi connectivity index (χ0v) is 19.7. The Morgan fingerprint density at radius 2 is 1.38 bits per heavy atom. The van der Waals surface area contributed by atoms with Crippen molar-refractivity contribution in [3.63, 3.8) is 0 Å². The minimum absolute atomic E-state index is 0.142. The molecule has 32 heavy (non-hydrogen) atoms. The number of anilines is 1. The monoisotopic (exact) mass is 442 g/mol. The minimum Gasteiger partial charge on any atom is -0.495 e. The Hall–Kier alpha value is -2.28. The lowest BCUT2D eigenvalue weighted by molar-refractivity contribution is -0.138. The maximum atomic E-state index is 13.3. The average molecular weight is 443 g/mol. The SMILES string of the molecule is COc1ccccc1N1CCN(C(=O)CC2(CC(=O)N3CCN(C)CC3)CCCC2)CC1. The first-order valence-electron chi connectivity index (χ1n) is 12.1. The second kappa shape index (κ2) is 10.1. The van der Waals surface area contributed by atoms with Gasteiger partial charge in [0.25, 0.3) is 0 Å². The van der Waals surface area contributed by atoms with Gasteiger partial charge in [0.2, 0.25) is 11.8 Å². The third-order valence-electron chi connectivity index (χ3n) is 7.63. The molecule has 1 aromatic carbocycles. The van der Waals surface area contributed by atoms with Crippen LogP contribution in [0.1, 0.15) is 38.5 Å². The number of benzene rings is 1. The zero-order valence-electron chi connectivity index (χ0n) is 19.7. The van der Waals surface area contributed by atoms with Crippen LogP contribution < -0.4 is 9.64 Å². The summed E-state index contributed by atoms with van der Waals surface area (Å²) in [7, 11) is 3.80. The van der Waals surface area contributed by atoms with Crippen LogP contribution in [-0.2, 0) is 9.59 Å². The van der Waals surface area contributed by atoms with Gasteiger partial charge in [-0.15, -0.1) is 0 Å².